The molecule has 2 aromatic carbocycles. The van der Waals surface area contributed by atoms with E-state index >= 15 is 0 Å². The van der Waals surface area contributed by atoms with Gasteiger partial charge in [0.15, 0.2) is 5.13 Å². The molecule has 5 nitrogen and oxygen atoms in total. The van der Waals surface area contributed by atoms with Gasteiger partial charge >= 0.3 is 0 Å². The van der Waals surface area contributed by atoms with Gasteiger partial charge in [-0.1, -0.05) is 23.5 Å². The molecule has 5 aromatic rings. The van der Waals surface area contributed by atoms with Crippen molar-refractivity contribution in [3.8, 4) is 0 Å². The Morgan fingerprint density at radius 1 is 1.04 bits per heavy atom. The van der Waals surface area contributed by atoms with Crippen LogP contribution in [0.4, 0.5) is 5.13 Å². The van der Waals surface area contributed by atoms with Crippen LogP contribution < -0.4 is 4.90 Å². The molecule has 1 amide bonds. The number of hydrogen-bond acceptors (Lipinski definition) is 6. The van der Waals surface area contributed by atoms with Crippen LogP contribution in [0.2, 0.25) is 0 Å². The van der Waals surface area contributed by atoms with Gasteiger partial charge < -0.3 is 4.42 Å². The van der Waals surface area contributed by atoms with E-state index in [1.807, 2.05) is 54.6 Å². The van der Waals surface area contributed by atoms with E-state index in [4.69, 9.17) is 4.42 Å². The molecule has 0 atom stereocenters. The highest BCUT2D eigenvalue weighted by Gasteiger charge is 2.23. The number of anilines is 1. The molecule has 5 rings (SSSR count). The minimum atomic E-state index is -0.110. The third-order valence-electron chi connectivity index (χ3n) is 4.23. The molecular weight excluding hydrogens is 378 g/mol. The van der Waals surface area contributed by atoms with Crippen molar-refractivity contribution < 1.29 is 9.21 Å². The topological polar surface area (TPSA) is 59.2 Å². The Morgan fingerprint density at radius 2 is 1.96 bits per heavy atom. The number of carbonyl (C=O) groups excluding carboxylic acids is 1. The molecule has 0 aliphatic carbocycles. The van der Waals surface area contributed by atoms with Crippen LogP contribution >= 0.6 is 22.7 Å². The fourth-order valence-electron chi connectivity index (χ4n) is 2.90. The Bertz CT molecular complexity index is 1210. The van der Waals surface area contributed by atoms with Crippen LogP contribution in [0.1, 0.15) is 16.1 Å². The number of furan rings is 1. The molecule has 0 unspecified atom stereocenters. The number of amides is 1. The van der Waals surface area contributed by atoms with Gasteiger partial charge in [-0.3, -0.25) is 9.69 Å². The van der Waals surface area contributed by atoms with E-state index in [2.05, 4.69) is 9.97 Å². The highest BCUT2D eigenvalue weighted by Crippen LogP contribution is 2.31. The maximum atomic E-state index is 13.3. The third-order valence-corrected chi connectivity index (χ3v) is 6.08. The number of fused-ring (bicyclic) bond motifs is 2. The van der Waals surface area contributed by atoms with E-state index in [0.29, 0.717) is 23.0 Å². The molecular formula is C20H13N3O2S2. The molecule has 0 fully saturated rings. The minimum absolute atomic E-state index is 0.110. The third kappa shape index (κ3) is 3.01. The summed E-state index contributed by atoms with van der Waals surface area (Å²) in [6.07, 6.45) is 1.61. The number of hydrogen-bond donors (Lipinski definition) is 0. The fourth-order valence-corrected chi connectivity index (χ4v) is 4.58. The van der Waals surface area contributed by atoms with Crippen LogP contribution in [0.15, 0.2) is 70.8 Å². The first kappa shape index (κ1) is 16.2. The summed E-state index contributed by atoms with van der Waals surface area (Å²) in [6, 6.07) is 17.1. The van der Waals surface area contributed by atoms with E-state index in [1.54, 1.807) is 16.7 Å². The summed E-state index contributed by atoms with van der Waals surface area (Å²) >= 11 is 3.02. The van der Waals surface area contributed by atoms with Crippen molar-refractivity contribution >= 4 is 54.1 Å². The predicted octanol–water partition coefficient (Wildman–Crippen LogP) is 5.35. The van der Waals surface area contributed by atoms with Gasteiger partial charge in [0.05, 0.1) is 38.8 Å². The molecule has 0 saturated carbocycles. The van der Waals surface area contributed by atoms with Gasteiger partial charge in [-0.05, 0) is 42.5 Å². The van der Waals surface area contributed by atoms with Crippen molar-refractivity contribution in [1.29, 1.82) is 0 Å². The number of aromatic nitrogens is 2. The number of para-hydroxylation sites is 1. The lowest BCUT2D eigenvalue weighted by molar-refractivity contribution is 0.0983. The first-order chi connectivity index (χ1) is 13.3. The van der Waals surface area contributed by atoms with Crippen molar-refractivity contribution in [3.63, 3.8) is 0 Å². The van der Waals surface area contributed by atoms with E-state index in [-0.39, 0.29) is 5.91 Å². The van der Waals surface area contributed by atoms with Crippen molar-refractivity contribution in [3.05, 3.63) is 77.7 Å². The zero-order valence-corrected chi connectivity index (χ0v) is 15.7. The van der Waals surface area contributed by atoms with Gasteiger partial charge in [0.2, 0.25) is 0 Å². The molecule has 0 aliphatic heterocycles. The summed E-state index contributed by atoms with van der Waals surface area (Å²) in [4.78, 5) is 24.0. The zero-order valence-electron chi connectivity index (χ0n) is 14.0. The second-order valence-corrected chi connectivity index (χ2v) is 7.87. The lowest BCUT2D eigenvalue weighted by Crippen LogP contribution is -2.30. The Kier molecular flexibility index (Phi) is 3.95. The van der Waals surface area contributed by atoms with Gasteiger partial charge in [0.25, 0.3) is 5.91 Å². The molecule has 0 saturated heterocycles. The Hall–Kier alpha value is -3.03. The van der Waals surface area contributed by atoms with Crippen LogP contribution in [0, 0.1) is 0 Å². The maximum Gasteiger partial charge on any atom is 0.260 e. The van der Waals surface area contributed by atoms with E-state index in [0.717, 1.165) is 20.4 Å². The lowest BCUT2D eigenvalue weighted by Gasteiger charge is -2.18. The van der Waals surface area contributed by atoms with E-state index < -0.39 is 0 Å². The Morgan fingerprint density at radius 3 is 2.81 bits per heavy atom. The summed E-state index contributed by atoms with van der Waals surface area (Å²) in [5.74, 6) is 0.599. The van der Waals surface area contributed by atoms with Crippen molar-refractivity contribution in [1.82, 2.24) is 9.97 Å². The van der Waals surface area contributed by atoms with E-state index in [9.17, 15) is 4.79 Å². The SMILES string of the molecule is O=C(c1ccc2ncsc2c1)N(Cc1ccco1)c1nc2ccccc2s1. The maximum absolute atomic E-state index is 13.3. The molecule has 132 valence electrons. The van der Waals surface area contributed by atoms with Gasteiger partial charge in [0.1, 0.15) is 5.76 Å². The standard InChI is InChI=1S/C20H13N3O2S2/c24-19(13-7-8-15-18(10-13)26-12-21-15)23(11-14-4-3-9-25-14)20-22-16-5-1-2-6-17(16)27-20/h1-10,12H,11H2. The number of thiazole rings is 2. The van der Waals surface area contributed by atoms with Crippen LogP contribution in [-0.4, -0.2) is 15.9 Å². The van der Waals surface area contributed by atoms with Crippen LogP contribution in [0.25, 0.3) is 20.4 Å². The van der Waals surface area contributed by atoms with Crippen molar-refractivity contribution in [2.45, 2.75) is 6.54 Å². The molecule has 0 spiro atoms. The predicted molar refractivity (Wildman–Crippen MR) is 108 cm³/mol. The van der Waals surface area contributed by atoms with Crippen LogP contribution in [-0.2, 0) is 6.54 Å². The largest absolute Gasteiger partial charge is 0.467 e. The average Bonchev–Trinajstić information content (AvgIpc) is 3.44. The zero-order chi connectivity index (χ0) is 18.2. The quantitative estimate of drug-likeness (QED) is 0.415. The molecule has 0 bridgehead atoms. The summed E-state index contributed by atoms with van der Waals surface area (Å²) in [5, 5.41) is 0.655. The Labute approximate surface area is 162 Å². The van der Waals surface area contributed by atoms with Crippen LogP contribution in [0.3, 0.4) is 0 Å². The number of carbonyl (C=O) groups is 1. The summed E-state index contributed by atoms with van der Waals surface area (Å²) in [5.41, 5.74) is 4.17. The van der Waals surface area contributed by atoms with Gasteiger partial charge in [-0.25, -0.2) is 9.97 Å². The average molecular weight is 391 g/mol. The molecule has 0 radical (unpaired) electrons. The highest BCUT2D eigenvalue weighted by molar-refractivity contribution is 7.22. The summed E-state index contributed by atoms with van der Waals surface area (Å²) in [6.45, 7) is 0.326. The lowest BCUT2D eigenvalue weighted by atomic mass is 10.2. The number of rotatable bonds is 4. The molecule has 0 aliphatic rings. The Balaban J connectivity index is 1.58. The first-order valence-electron chi connectivity index (χ1n) is 8.31. The highest BCUT2D eigenvalue weighted by atomic mass is 32.1. The van der Waals surface area contributed by atoms with Crippen molar-refractivity contribution in [2.24, 2.45) is 0 Å². The van der Waals surface area contributed by atoms with E-state index in [1.165, 1.54) is 22.7 Å². The summed E-state index contributed by atoms with van der Waals surface area (Å²) < 4.78 is 7.51. The van der Waals surface area contributed by atoms with Gasteiger partial charge in [-0.2, -0.15) is 0 Å². The van der Waals surface area contributed by atoms with Crippen LogP contribution in [0.5, 0.6) is 0 Å². The molecule has 3 aromatic heterocycles. The second-order valence-electron chi connectivity index (χ2n) is 5.97. The minimum Gasteiger partial charge on any atom is -0.467 e. The van der Waals surface area contributed by atoms with Gasteiger partial charge in [-0.15, -0.1) is 11.3 Å². The number of nitrogens with zero attached hydrogens (tertiary/aromatic N) is 3. The van der Waals surface area contributed by atoms with Gasteiger partial charge in [0, 0.05) is 5.56 Å². The molecule has 0 N–H and O–H groups in total. The first-order valence-corrected chi connectivity index (χ1v) is 10.0. The summed E-state index contributed by atoms with van der Waals surface area (Å²) in [7, 11) is 0. The normalized spacial score (nSPS) is 11.3. The fraction of sp³-hybridized carbons (Fsp3) is 0.0500. The smallest absolute Gasteiger partial charge is 0.260 e. The van der Waals surface area contributed by atoms with Crippen molar-refractivity contribution in [2.75, 3.05) is 4.90 Å². The number of benzene rings is 2. The molecule has 3 heterocycles. The second kappa shape index (κ2) is 6.61. The molecule has 27 heavy (non-hydrogen) atoms. The molecule has 7 heteroatoms. The monoisotopic (exact) mass is 391 g/mol.